The second-order valence-corrected chi connectivity index (χ2v) is 5.19. The highest BCUT2D eigenvalue weighted by Gasteiger charge is 2.07. The summed E-state index contributed by atoms with van der Waals surface area (Å²) in [6.45, 7) is 0. The molecule has 94 valence electrons. The zero-order valence-electron chi connectivity index (χ0n) is 10.3. The molecule has 1 aromatic carbocycles. The van der Waals surface area contributed by atoms with Crippen molar-refractivity contribution in [1.82, 2.24) is 15.0 Å². The molecule has 2 heterocycles. The van der Waals surface area contributed by atoms with Crippen LogP contribution in [0.2, 0.25) is 0 Å². The van der Waals surface area contributed by atoms with Crippen LogP contribution < -0.4 is 5.32 Å². The number of anilines is 1. The molecule has 2 aromatic heterocycles. The van der Waals surface area contributed by atoms with Crippen LogP contribution in [-0.4, -0.2) is 22.0 Å². The summed E-state index contributed by atoms with van der Waals surface area (Å²) in [7, 11) is 1.85. The zero-order chi connectivity index (χ0) is 13.2. The Morgan fingerprint density at radius 1 is 1.05 bits per heavy atom. The van der Waals surface area contributed by atoms with Crippen molar-refractivity contribution in [3.63, 3.8) is 0 Å². The molecule has 0 unspecified atom stereocenters. The van der Waals surface area contributed by atoms with Gasteiger partial charge in [-0.2, -0.15) is 0 Å². The van der Waals surface area contributed by atoms with E-state index in [2.05, 4.69) is 42.9 Å². The van der Waals surface area contributed by atoms with Crippen molar-refractivity contribution >= 4 is 39.3 Å². The molecular weight excluding hydrogens is 351 g/mol. The topological polar surface area (TPSA) is 50.7 Å². The van der Waals surface area contributed by atoms with Gasteiger partial charge in [0.2, 0.25) is 0 Å². The number of hydrogen-bond donors (Lipinski definition) is 1. The van der Waals surface area contributed by atoms with Crippen LogP contribution in [0, 0.1) is 3.57 Å². The fourth-order valence-electron chi connectivity index (χ4n) is 1.86. The summed E-state index contributed by atoms with van der Waals surface area (Å²) >= 11 is 2.20. The molecule has 5 heteroatoms. The Kier molecular flexibility index (Phi) is 3.29. The van der Waals surface area contributed by atoms with E-state index in [-0.39, 0.29) is 0 Å². The molecule has 0 fully saturated rings. The predicted molar refractivity (Wildman–Crippen MR) is 85.0 cm³/mol. The molecule has 0 aliphatic rings. The minimum Gasteiger partial charge on any atom is -0.372 e. The summed E-state index contributed by atoms with van der Waals surface area (Å²) in [5.41, 5.74) is 1.74. The molecule has 19 heavy (non-hydrogen) atoms. The maximum Gasteiger partial charge on any atom is 0.180 e. The number of aromatic nitrogens is 3. The van der Waals surface area contributed by atoms with E-state index in [1.54, 1.807) is 6.20 Å². The number of hydrogen-bond acceptors (Lipinski definition) is 4. The lowest BCUT2D eigenvalue weighted by Gasteiger charge is -2.05. The van der Waals surface area contributed by atoms with Gasteiger partial charge in [-0.15, -0.1) is 0 Å². The van der Waals surface area contributed by atoms with Gasteiger partial charge in [0, 0.05) is 18.6 Å². The fraction of sp³-hybridized carbons (Fsp3) is 0.0714. The zero-order valence-corrected chi connectivity index (χ0v) is 12.4. The van der Waals surface area contributed by atoms with Crippen molar-refractivity contribution in [3.8, 4) is 11.5 Å². The summed E-state index contributed by atoms with van der Waals surface area (Å²) in [6, 6.07) is 12.0. The minimum atomic E-state index is 0.635. The first-order chi connectivity index (χ1) is 9.28. The Morgan fingerprint density at radius 2 is 1.89 bits per heavy atom. The number of rotatable bonds is 2. The van der Waals surface area contributed by atoms with Crippen molar-refractivity contribution in [3.05, 3.63) is 46.2 Å². The van der Waals surface area contributed by atoms with Crippen LogP contribution >= 0.6 is 22.6 Å². The van der Waals surface area contributed by atoms with Crippen LogP contribution in [0.3, 0.4) is 0 Å². The Balaban J connectivity index is 2.13. The van der Waals surface area contributed by atoms with Crippen molar-refractivity contribution in [2.75, 3.05) is 12.4 Å². The van der Waals surface area contributed by atoms with Crippen LogP contribution in [0.4, 0.5) is 5.82 Å². The Hall–Kier alpha value is -1.76. The lowest BCUT2D eigenvalue weighted by atomic mass is 10.2. The van der Waals surface area contributed by atoms with Gasteiger partial charge >= 0.3 is 0 Å². The first-order valence-corrected chi connectivity index (χ1v) is 6.92. The van der Waals surface area contributed by atoms with Crippen LogP contribution in [0.25, 0.3) is 22.4 Å². The Morgan fingerprint density at radius 3 is 2.74 bits per heavy atom. The number of nitrogens with one attached hydrogen (secondary N) is 1. The lowest BCUT2D eigenvalue weighted by Crippen LogP contribution is -2.00. The van der Waals surface area contributed by atoms with Gasteiger partial charge in [-0.05, 0) is 34.7 Å². The van der Waals surface area contributed by atoms with Crippen molar-refractivity contribution in [2.45, 2.75) is 0 Å². The van der Waals surface area contributed by atoms with E-state index in [0.717, 1.165) is 26.0 Å². The number of benzene rings is 1. The molecule has 0 aliphatic carbocycles. The van der Waals surface area contributed by atoms with Crippen LogP contribution in [0.15, 0.2) is 42.6 Å². The van der Waals surface area contributed by atoms with Crippen LogP contribution in [-0.2, 0) is 0 Å². The quantitative estimate of drug-likeness (QED) is 0.711. The predicted octanol–water partition coefficient (Wildman–Crippen LogP) is 3.34. The second kappa shape index (κ2) is 5.08. The average molecular weight is 362 g/mol. The highest BCUT2D eigenvalue weighted by Crippen LogP contribution is 2.21. The molecule has 0 saturated heterocycles. The molecule has 0 amide bonds. The first-order valence-electron chi connectivity index (χ1n) is 5.84. The Bertz CT molecular complexity index is 742. The highest BCUT2D eigenvalue weighted by atomic mass is 127. The van der Waals surface area contributed by atoms with E-state index in [9.17, 15) is 0 Å². The van der Waals surface area contributed by atoms with Crippen LogP contribution in [0.5, 0.6) is 0 Å². The van der Waals surface area contributed by atoms with E-state index < -0.39 is 0 Å². The average Bonchev–Trinajstić information content (AvgIpc) is 2.47. The number of fused-ring (bicyclic) bond motifs is 1. The van der Waals surface area contributed by atoms with E-state index in [0.29, 0.717) is 5.82 Å². The van der Waals surface area contributed by atoms with Gasteiger partial charge in [0.05, 0.1) is 9.09 Å². The summed E-state index contributed by atoms with van der Waals surface area (Å²) in [5.74, 6) is 1.45. The van der Waals surface area contributed by atoms with Crippen molar-refractivity contribution < 1.29 is 0 Å². The summed E-state index contributed by atoms with van der Waals surface area (Å²) in [4.78, 5) is 13.4. The summed E-state index contributed by atoms with van der Waals surface area (Å²) in [6.07, 6.45) is 1.80. The SMILES string of the molecule is CNc1nc(-c2ccc3ccccc3n2)ncc1I. The molecular formula is C14H11IN4. The molecule has 0 saturated carbocycles. The maximum absolute atomic E-state index is 4.60. The lowest BCUT2D eigenvalue weighted by molar-refractivity contribution is 1.13. The van der Waals surface area contributed by atoms with E-state index in [1.165, 1.54) is 0 Å². The molecule has 0 atom stereocenters. The molecule has 3 aromatic rings. The van der Waals surface area contributed by atoms with Gasteiger partial charge in [-0.25, -0.2) is 15.0 Å². The molecule has 1 N–H and O–H groups in total. The van der Waals surface area contributed by atoms with E-state index >= 15 is 0 Å². The Labute approximate surface area is 124 Å². The molecule has 3 rings (SSSR count). The molecule has 4 nitrogen and oxygen atoms in total. The molecule has 0 bridgehead atoms. The normalized spacial score (nSPS) is 10.6. The van der Waals surface area contributed by atoms with Gasteiger partial charge in [-0.1, -0.05) is 24.3 Å². The summed E-state index contributed by atoms with van der Waals surface area (Å²) in [5, 5.41) is 4.17. The largest absolute Gasteiger partial charge is 0.372 e. The number of halogens is 1. The standard InChI is InChI=1S/C14H11IN4/c1-16-13-10(15)8-17-14(19-13)12-7-6-9-4-2-3-5-11(9)18-12/h2-8H,1H3,(H,16,17,19). The van der Waals surface area contributed by atoms with Crippen molar-refractivity contribution in [2.24, 2.45) is 0 Å². The number of para-hydroxylation sites is 1. The van der Waals surface area contributed by atoms with Gasteiger partial charge in [0.25, 0.3) is 0 Å². The van der Waals surface area contributed by atoms with Crippen molar-refractivity contribution in [1.29, 1.82) is 0 Å². The molecule has 0 spiro atoms. The minimum absolute atomic E-state index is 0.635. The fourth-order valence-corrected chi connectivity index (χ4v) is 2.39. The first kappa shape index (κ1) is 12.3. The van der Waals surface area contributed by atoms with E-state index in [4.69, 9.17) is 0 Å². The summed E-state index contributed by atoms with van der Waals surface area (Å²) < 4.78 is 0.990. The number of nitrogens with zero attached hydrogens (tertiary/aromatic N) is 3. The second-order valence-electron chi connectivity index (χ2n) is 4.03. The van der Waals surface area contributed by atoms with Gasteiger partial charge in [0.1, 0.15) is 11.5 Å². The van der Waals surface area contributed by atoms with Gasteiger partial charge in [-0.3, -0.25) is 0 Å². The van der Waals surface area contributed by atoms with Gasteiger partial charge in [0.15, 0.2) is 5.82 Å². The third kappa shape index (κ3) is 2.37. The van der Waals surface area contributed by atoms with E-state index in [1.807, 2.05) is 43.4 Å². The molecule has 0 radical (unpaired) electrons. The number of pyridine rings is 1. The smallest absolute Gasteiger partial charge is 0.180 e. The third-order valence-electron chi connectivity index (χ3n) is 2.81. The molecule has 0 aliphatic heterocycles. The maximum atomic E-state index is 4.60. The third-order valence-corrected chi connectivity index (χ3v) is 3.60. The van der Waals surface area contributed by atoms with Gasteiger partial charge < -0.3 is 5.32 Å². The highest BCUT2D eigenvalue weighted by molar-refractivity contribution is 14.1. The van der Waals surface area contributed by atoms with Crippen LogP contribution in [0.1, 0.15) is 0 Å². The monoisotopic (exact) mass is 362 g/mol.